The minimum Gasteiger partial charge on any atom is -0.409 e. The van der Waals surface area contributed by atoms with E-state index in [4.69, 9.17) is 15.7 Å². The summed E-state index contributed by atoms with van der Waals surface area (Å²) in [5, 5.41) is 14.5. The van der Waals surface area contributed by atoms with Crippen molar-refractivity contribution < 1.29 is 14.7 Å². The second kappa shape index (κ2) is 6.21. The van der Waals surface area contributed by atoms with Crippen LogP contribution >= 0.6 is 0 Å². The lowest BCUT2D eigenvalue weighted by Gasteiger charge is -2.26. The van der Waals surface area contributed by atoms with Gasteiger partial charge in [0.15, 0.2) is 5.84 Å². The number of hydrogen-bond acceptors (Lipinski definition) is 5. The number of rotatable bonds is 6. The van der Waals surface area contributed by atoms with Crippen LogP contribution in [0, 0.1) is 5.41 Å². The molecular formula is C12H22N4O3. The van der Waals surface area contributed by atoms with Gasteiger partial charge in [0.05, 0.1) is 13.2 Å². The molecule has 2 fully saturated rings. The number of carbonyl (C=O) groups excluding carboxylic acids is 1. The summed E-state index contributed by atoms with van der Waals surface area (Å²) in [6, 6.07) is 0. The molecule has 4 N–H and O–H groups in total. The molecule has 0 atom stereocenters. The number of nitrogens with two attached hydrogens (primary N) is 1. The minimum atomic E-state index is -0.742. The van der Waals surface area contributed by atoms with E-state index >= 15 is 0 Å². The van der Waals surface area contributed by atoms with Crippen molar-refractivity contribution >= 4 is 11.7 Å². The fourth-order valence-electron chi connectivity index (χ4n) is 2.32. The summed E-state index contributed by atoms with van der Waals surface area (Å²) in [5.41, 5.74) is 4.81. The molecule has 0 radical (unpaired) electrons. The van der Waals surface area contributed by atoms with Gasteiger partial charge in [-0.2, -0.15) is 0 Å². The highest BCUT2D eigenvalue weighted by Gasteiger charge is 2.54. The summed E-state index contributed by atoms with van der Waals surface area (Å²) in [6.07, 6.45) is 2.23. The first-order valence-corrected chi connectivity index (χ1v) is 6.75. The Kier molecular flexibility index (Phi) is 4.60. The third-order valence-electron chi connectivity index (χ3n) is 3.82. The minimum absolute atomic E-state index is 0.0261. The zero-order valence-electron chi connectivity index (χ0n) is 11.1. The fourth-order valence-corrected chi connectivity index (χ4v) is 2.32. The highest BCUT2D eigenvalue weighted by atomic mass is 16.5. The molecular weight excluding hydrogens is 248 g/mol. The smallest absolute Gasteiger partial charge is 0.233 e. The summed E-state index contributed by atoms with van der Waals surface area (Å²) >= 11 is 0. The van der Waals surface area contributed by atoms with Gasteiger partial charge in [0.2, 0.25) is 5.91 Å². The fraction of sp³-hybridized carbons (Fsp3) is 0.833. The van der Waals surface area contributed by atoms with Crippen molar-refractivity contribution in [2.24, 2.45) is 16.3 Å². The predicted octanol–water partition coefficient (Wildman–Crippen LogP) is -0.648. The van der Waals surface area contributed by atoms with Crippen molar-refractivity contribution in [3.63, 3.8) is 0 Å². The summed E-state index contributed by atoms with van der Waals surface area (Å²) in [5.74, 6) is -0.0945. The lowest BCUT2D eigenvalue weighted by Crippen LogP contribution is -2.42. The van der Waals surface area contributed by atoms with E-state index in [0.717, 1.165) is 39.3 Å². The molecule has 0 bridgehead atoms. The molecule has 1 heterocycles. The van der Waals surface area contributed by atoms with Crippen LogP contribution in [0.2, 0.25) is 0 Å². The van der Waals surface area contributed by atoms with Gasteiger partial charge in [0.25, 0.3) is 0 Å². The highest BCUT2D eigenvalue weighted by Crippen LogP contribution is 2.45. The van der Waals surface area contributed by atoms with Crippen LogP contribution in [0.4, 0.5) is 0 Å². The molecule has 1 amide bonds. The zero-order chi connectivity index (χ0) is 13.7. The maximum Gasteiger partial charge on any atom is 0.233 e. The monoisotopic (exact) mass is 270 g/mol. The Morgan fingerprint density at radius 3 is 2.68 bits per heavy atom. The number of morpholine rings is 1. The van der Waals surface area contributed by atoms with Gasteiger partial charge in [0, 0.05) is 19.6 Å². The lowest BCUT2D eigenvalue weighted by atomic mass is 10.1. The SMILES string of the molecule is NC(=NO)C1(C(=O)NCCCN2CCOCC2)CC1. The normalized spacial score (nSPS) is 23.1. The Hall–Kier alpha value is -1.34. The molecule has 0 aromatic carbocycles. The van der Waals surface area contributed by atoms with Crippen LogP contribution in [0.5, 0.6) is 0 Å². The summed E-state index contributed by atoms with van der Waals surface area (Å²) < 4.78 is 5.27. The third kappa shape index (κ3) is 3.36. The molecule has 0 aromatic heterocycles. The van der Waals surface area contributed by atoms with Crippen molar-refractivity contribution in [1.82, 2.24) is 10.2 Å². The molecule has 2 rings (SSSR count). The maximum atomic E-state index is 12.0. The van der Waals surface area contributed by atoms with E-state index in [9.17, 15) is 4.79 Å². The number of hydrogen-bond donors (Lipinski definition) is 3. The van der Waals surface area contributed by atoms with E-state index in [2.05, 4.69) is 15.4 Å². The maximum absolute atomic E-state index is 12.0. The molecule has 7 heteroatoms. The average Bonchev–Trinajstić information content (AvgIpc) is 3.25. The van der Waals surface area contributed by atoms with Gasteiger partial charge in [-0.05, 0) is 25.8 Å². The molecule has 0 spiro atoms. The second-order valence-corrected chi connectivity index (χ2v) is 5.13. The number of nitrogens with zero attached hydrogens (tertiary/aromatic N) is 2. The first-order valence-electron chi connectivity index (χ1n) is 6.75. The Labute approximate surface area is 112 Å². The molecule has 7 nitrogen and oxygen atoms in total. The third-order valence-corrected chi connectivity index (χ3v) is 3.82. The molecule has 1 aliphatic heterocycles. The average molecular weight is 270 g/mol. The number of amides is 1. The standard InChI is InChI=1S/C12H22N4O3/c13-10(15-18)12(2-3-12)11(17)14-4-1-5-16-6-8-19-9-7-16/h18H,1-9H2,(H2,13,15)(H,14,17). The summed E-state index contributed by atoms with van der Waals surface area (Å²) in [6.45, 7) is 5.08. The van der Waals surface area contributed by atoms with Crippen molar-refractivity contribution in [2.45, 2.75) is 19.3 Å². The van der Waals surface area contributed by atoms with Gasteiger partial charge in [-0.3, -0.25) is 9.69 Å². The van der Waals surface area contributed by atoms with Crippen molar-refractivity contribution in [1.29, 1.82) is 0 Å². The molecule has 1 aliphatic carbocycles. The summed E-state index contributed by atoms with van der Waals surface area (Å²) in [7, 11) is 0. The molecule has 1 saturated carbocycles. The van der Waals surface area contributed by atoms with Crippen LogP contribution in [0.3, 0.4) is 0 Å². The molecule has 2 aliphatic rings. The van der Waals surface area contributed by atoms with E-state index in [0.29, 0.717) is 19.4 Å². The summed E-state index contributed by atoms with van der Waals surface area (Å²) in [4.78, 5) is 14.3. The van der Waals surface area contributed by atoms with Crippen LogP contribution in [-0.2, 0) is 9.53 Å². The van der Waals surface area contributed by atoms with Gasteiger partial charge in [-0.15, -0.1) is 0 Å². The zero-order valence-corrected chi connectivity index (χ0v) is 11.1. The number of ether oxygens (including phenoxy) is 1. The van der Waals surface area contributed by atoms with Crippen LogP contribution in [0.15, 0.2) is 5.16 Å². The van der Waals surface area contributed by atoms with Gasteiger partial charge in [-0.1, -0.05) is 5.16 Å². The van der Waals surface area contributed by atoms with Crippen LogP contribution in [0.1, 0.15) is 19.3 Å². The first kappa shape index (κ1) is 14.1. The molecule has 108 valence electrons. The van der Waals surface area contributed by atoms with Crippen molar-refractivity contribution in [2.75, 3.05) is 39.4 Å². The molecule has 1 saturated heterocycles. The van der Waals surface area contributed by atoms with E-state index < -0.39 is 5.41 Å². The second-order valence-electron chi connectivity index (χ2n) is 5.13. The van der Waals surface area contributed by atoms with Gasteiger partial charge >= 0.3 is 0 Å². The van der Waals surface area contributed by atoms with E-state index in [1.54, 1.807) is 0 Å². The largest absolute Gasteiger partial charge is 0.409 e. The number of carbonyl (C=O) groups is 1. The lowest BCUT2D eigenvalue weighted by molar-refractivity contribution is -0.124. The van der Waals surface area contributed by atoms with Crippen LogP contribution in [-0.4, -0.2) is 61.2 Å². The molecule has 0 aromatic rings. The van der Waals surface area contributed by atoms with Crippen molar-refractivity contribution in [3.8, 4) is 0 Å². The number of oxime groups is 1. The Morgan fingerprint density at radius 2 is 2.11 bits per heavy atom. The highest BCUT2D eigenvalue weighted by molar-refractivity contribution is 6.09. The quantitative estimate of drug-likeness (QED) is 0.196. The number of amidine groups is 1. The van der Waals surface area contributed by atoms with E-state index in [1.807, 2.05) is 0 Å². The Morgan fingerprint density at radius 1 is 1.42 bits per heavy atom. The van der Waals surface area contributed by atoms with E-state index in [1.165, 1.54) is 0 Å². The van der Waals surface area contributed by atoms with Crippen LogP contribution < -0.4 is 11.1 Å². The van der Waals surface area contributed by atoms with Gasteiger partial charge in [-0.25, -0.2) is 0 Å². The molecule has 19 heavy (non-hydrogen) atoms. The topological polar surface area (TPSA) is 100 Å². The van der Waals surface area contributed by atoms with Crippen molar-refractivity contribution in [3.05, 3.63) is 0 Å². The van der Waals surface area contributed by atoms with Gasteiger partial charge < -0.3 is 21.0 Å². The van der Waals surface area contributed by atoms with Gasteiger partial charge in [0.1, 0.15) is 5.41 Å². The first-order chi connectivity index (χ1) is 9.19. The molecule has 0 unspecified atom stereocenters. The Bertz CT molecular complexity index is 349. The number of nitrogens with one attached hydrogen (secondary N) is 1. The van der Waals surface area contributed by atoms with E-state index in [-0.39, 0.29) is 11.7 Å². The predicted molar refractivity (Wildman–Crippen MR) is 70.0 cm³/mol. The Balaban J connectivity index is 1.64. The van der Waals surface area contributed by atoms with Crippen LogP contribution in [0.25, 0.3) is 0 Å².